The Morgan fingerprint density at radius 1 is 1.00 bits per heavy atom. The van der Waals surface area contributed by atoms with E-state index >= 15 is 0 Å². The summed E-state index contributed by atoms with van der Waals surface area (Å²) < 4.78 is 13.8. The molecule has 4 aromatic rings. The number of ether oxygens (including phenoxy) is 2. The van der Waals surface area contributed by atoms with Crippen molar-refractivity contribution in [3.05, 3.63) is 95.3 Å². The molecule has 0 atom stereocenters. The molecule has 3 aromatic carbocycles. The van der Waals surface area contributed by atoms with Crippen LogP contribution in [-0.4, -0.2) is 35.7 Å². The SMILES string of the molecule is C/C=C/c1ccc(OCCCCn2c(CCCNC(=O)c3ccc(C)cc3)nc3ccccc32)c(OC)c1. The molecule has 1 amide bonds. The highest BCUT2D eigenvalue weighted by Gasteiger charge is 2.11. The number of unbranched alkanes of at least 4 members (excludes halogenated alkanes) is 1. The number of benzene rings is 3. The molecular weight excluding hydrogens is 474 g/mol. The van der Waals surface area contributed by atoms with E-state index in [-0.39, 0.29) is 5.91 Å². The van der Waals surface area contributed by atoms with Gasteiger partial charge in [-0.25, -0.2) is 4.98 Å². The van der Waals surface area contributed by atoms with Gasteiger partial charge in [-0.15, -0.1) is 0 Å². The number of amides is 1. The van der Waals surface area contributed by atoms with Crippen molar-refractivity contribution in [3.8, 4) is 11.5 Å². The highest BCUT2D eigenvalue weighted by molar-refractivity contribution is 5.94. The number of aromatic nitrogens is 2. The number of imidazole rings is 1. The van der Waals surface area contributed by atoms with Crippen LogP contribution in [0.5, 0.6) is 11.5 Å². The van der Waals surface area contributed by atoms with Gasteiger partial charge in [0.05, 0.1) is 24.8 Å². The van der Waals surface area contributed by atoms with Crippen LogP contribution < -0.4 is 14.8 Å². The van der Waals surface area contributed by atoms with Gasteiger partial charge in [0.25, 0.3) is 5.91 Å². The lowest BCUT2D eigenvalue weighted by molar-refractivity contribution is 0.0953. The Morgan fingerprint density at radius 2 is 1.82 bits per heavy atom. The summed E-state index contributed by atoms with van der Waals surface area (Å²) in [6, 6.07) is 21.9. The second-order valence-corrected chi connectivity index (χ2v) is 9.36. The average molecular weight is 512 g/mol. The molecule has 6 nitrogen and oxygen atoms in total. The molecule has 1 N–H and O–H groups in total. The Balaban J connectivity index is 1.29. The van der Waals surface area contributed by atoms with Crippen molar-refractivity contribution in [2.24, 2.45) is 0 Å². The molecule has 0 saturated heterocycles. The van der Waals surface area contributed by atoms with E-state index in [9.17, 15) is 4.79 Å². The fraction of sp³-hybridized carbons (Fsp3) is 0.312. The maximum atomic E-state index is 12.4. The summed E-state index contributed by atoms with van der Waals surface area (Å²) in [4.78, 5) is 17.3. The number of allylic oxidation sites excluding steroid dienone is 1. The summed E-state index contributed by atoms with van der Waals surface area (Å²) in [5.74, 6) is 2.53. The Kier molecular flexibility index (Phi) is 9.57. The van der Waals surface area contributed by atoms with E-state index < -0.39 is 0 Å². The topological polar surface area (TPSA) is 65.4 Å². The molecule has 1 heterocycles. The van der Waals surface area contributed by atoms with Gasteiger partial charge in [-0.2, -0.15) is 0 Å². The van der Waals surface area contributed by atoms with Gasteiger partial charge in [-0.05, 0) is 75.1 Å². The maximum Gasteiger partial charge on any atom is 0.251 e. The van der Waals surface area contributed by atoms with Gasteiger partial charge in [0.2, 0.25) is 0 Å². The molecule has 0 radical (unpaired) electrons. The van der Waals surface area contributed by atoms with Crippen LogP contribution in [0.1, 0.15) is 53.5 Å². The van der Waals surface area contributed by atoms with Crippen LogP contribution in [0.2, 0.25) is 0 Å². The molecule has 0 fully saturated rings. The van der Waals surface area contributed by atoms with E-state index in [1.165, 1.54) is 0 Å². The molecule has 4 rings (SSSR count). The molecule has 0 aliphatic rings. The second-order valence-electron chi connectivity index (χ2n) is 9.36. The van der Waals surface area contributed by atoms with Crippen LogP contribution in [0, 0.1) is 6.92 Å². The lowest BCUT2D eigenvalue weighted by atomic mass is 10.1. The van der Waals surface area contributed by atoms with E-state index in [0.29, 0.717) is 18.7 Å². The molecule has 0 bridgehead atoms. The second kappa shape index (κ2) is 13.5. The third-order valence-corrected chi connectivity index (χ3v) is 6.49. The van der Waals surface area contributed by atoms with Gasteiger partial charge in [0.15, 0.2) is 11.5 Å². The molecule has 0 spiro atoms. The third kappa shape index (κ3) is 7.03. The van der Waals surface area contributed by atoms with E-state index in [1.54, 1.807) is 7.11 Å². The van der Waals surface area contributed by atoms with Crippen LogP contribution in [0.25, 0.3) is 17.1 Å². The summed E-state index contributed by atoms with van der Waals surface area (Å²) in [5, 5.41) is 3.03. The number of carbonyl (C=O) groups is 1. The zero-order chi connectivity index (χ0) is 26.7. The minimum Gasteiger partial charge on any atom is -0.493 e. The first-order valence-corrected chi connectivity index (χ1v) is 13.3. The van der Waals surface area contributed by atoms with Crippen LogP contribution in [0.3, 0.4) is 0 Å². The monoisotopic (exact) mass is 511 g/mol. The highest BCUT2D eigenvalue weighted by Crippen LogP contribution is 2.29. The van der Waals surface area contributed by atoms with Crippen molar-refractivity contribution in [3.63, 3.8) is 0 Å². The van der Waals surface area contributed by atoms with Gasteiger partial charge in [-0.3, -0.25) is 4.79 Å². The first-order valence-electron chi connectivity index (χ1n) is 13.3. The lowest BCUT2D eigenvalue weighted by Crippen LogP contribution is -2.25. The quantitative estimate of drug-likeness (QED) is 0.205. The predicted octanol–water partition coefficient (Wildman–Crippen LogP) is 6.61. The minimum absolute atomic E-state index is 0.0356. The van der Waals surface area contributed by atoms with Crippen molar-refractivity contribution in [2.45, 2.75) is 46.1 Å². The molecule has 0 saturated carbocycles. The highest BCUT2D eigenvalue weighted by atomic mass is 16.5. The number of nitrogens with one attached hydrogen (secondary N) is 1. The summed E-state index contributed by atoms with van der Waals surface area (Å²) in [5.41, 5.74) is 5.08. The fourth-order valence-corrected chi connectivity index (χ4v) is 4.47. The van der Waals surface area contributed by atoms with E-state index in [4.69, 9.17) is 14.5 Å². The Morgan fingerprint density at radius 3 is 2.61 bits per heavy atom. The number of aryl methyl sites for hydroxylation is 3. The minimum atomic E-state index is -0.0356. The number of rotatable bonds is 13. The predicted molar refractivity (Wildman–Crippen MR) is 154 cm³/mol. The Labute approximate surface area is 225 Å². The van der Waals surface area contributed by atoms with Crippen LogP contribution in [-0.2, 0) is 13.0 Å². The number of nitrogens with zero attached hydrogens (tertiary/aromatic N) is 2. The van der Waals surface area contributed by atoms with E-state index in [0.717, 1.165) is 71.7 Å². The zero-order valence-electron chi connectivity index (χ0n) is 22.6. The van der Waals surface area contributed by atoms with Gasteiger partial charge in [0.1, 0.15) is 5.82 Å². The third-order valence-electron chi connectivity index (χ3n) is 6.49. The van der Waals surface area contributed by atoms with Crippen molar-refractivity contribution in [1.82, 2.24) is 14.9 Å². The standard InChI is InChI=1S/C32H37N3O3/c1-4-10-25-16-19-29(30(23-25)37-3)38-22-8-7-21-35-28-12-6-5-11-27(28)34-31(35)13-9-20-33-32(36)26-17-14-24(2)15-18-26/h4-6,10-12,14-19,23H,7-9,13,20-22H2,1-3H3,(H,33,36)/b10-4+. The van der Waals surface area contributed by atoms with Gasteiger partial charge in [-0.1, -0.05) is 48.0 Å². The molecular formula is C32H37N3O3. The van der Waals surface area contributed by atoms with Gasteiger partial charge < -0.3 is 19.4 Å². The first kappa shape index (κ1) is 27.0. The molecule has 6 heteroatoms. The summed E-state index contributed by atoms with van der Waals surface area (Å²) in [6.45, 7) is 6.11. The molecule has 38 heavy (non-hydrogen) atoms. The molecule has 0 aliphatic carbocycles. The largest absolute Gasteiger partial charge is 0.493 e. The number of hydrogen-bond donors (Lipinski definition) is 1. The lowest BCUT2D eigenvalue weighted by Gasteiger charge is -2.12. The maximum absolute atomic E-state index is 12.4. The van der Waals surface area contributed by atoms with Crippen molar-refractivity contribution >= 4 is 23.0 Å². The molecule has 0 unspecified atom stereocenters. The van der Waals surface area contributed by atoms with E-state index in [2.05, 4.69) is 28.1 Å². The number of methoxy groups -OCH3 is 1. The van der Waals surface area contributed by atoms with Crippen LogP contribution in [0.15, 0.2) is 72.8 Å². The van der Waals surface area contributed by atoms with E-state index in [1.807, 2.05) is 74.5 Å². The van der Waals surface area contributed by atoms with Crippen molar-refractivity contribution in [2.75, 3.05) is 20.3 Å². The van der Waals surface area contributed by atoms with Crippen molar-refractivity contribution < 1.29 is 14.3 Å². The normalized spacial score (nSPS) is 11.2. The Bertz CT molecular complexity index is 1370. The molecule has 198 valence electrons. The molecule has 1 aromatic heterocycles. The number of hydrogen-bond acceptors (Lipinski definition) is 4. The molecule has 0 aliphatic heterocycles. The first-order chi connectivity index (χ1) is 18.6. The summed E-state index contributed by atoms with van der Waals surface area (Å²) in [7, 11) is 1.67. The average Bonchev–Trinajstić information content (AvgIpc) is 3.29. The number of para-hydroxylation sites is 2. The van der Waals surface area contributed by atoms with Gasteiger partial charge in [0, 0.05) is 25.1 Å². The van der Waals surface area contributed by atoms with Crippen LogP contribution in [0.4, 0.5) is 0 Å². The van der Waals surface area contributed by atoms with Gasteiger partial charge >= 0.3 is 0 Å². The number of carbonyl (C=O) groups excluding carboxylic acids is 1. The smallest absolute Gasteiger partial charge is 0.251 e. The Hall–Kier alpha value is -4.06. The summed E-state index contributed by atoms with van der Waals surface area (Å²) in [6.07, 6.45) is 7.55. The van der Waals surface area contributed by atoms with Crippen molar-refractivity contribution in [1.29, 1.82) is 0 Å². The number of fused-ring (bicyclic) bond motifs is 1. The van der Waals surface area contributed by atoms with Crippen LogP contribution >= 0.6 is 0 Å². The summed E-state index contributed by atoms with van der Waals surface area (Å²) >= 11 is 0. The zero-order valence-corrected chi connectivity index (χ0v) is 22.6. The fourth-order valence-electron chi connectivity index (χ4n) is 4.47.